The molecule has 1 aliphatic rings. The normalized spacial score (nSPS) is 14.6. The summed E-state index contributed by atoms with van der Waals surface area (Å²) in [5.41, 5.74) is 7.06. The molecule has 4 heteroatoms. The van der Waals surface area contributed by atoms with Crippen molar-refractivity contribution in [1.29, 1.82) is 0 Å². The summed E-state index contributed by atoms with van der Waals surface area (Å²) in [6.45, 7) is 11.6. The van der Waals surface area contributed by atoms with Crippen LogP contribution >= 0.6 is 0 Å². The van der Waals surface area contributed by atoms with Crippen molar-refractivity contribution < 1.29 is 4.79 Å². The van der Waals surface area contributed by atoms with E-state index in [1.165, 1.54) is 16.8 Å². The smallest absolute Gasteiger partial charge is 0.321 e. The summed E-state index contributed by atoms with van der Waals surface area (Å²) < 4.78 is 0. The van der Waals surface area contributed by atoms with Crippen molar-refractivity contribution in [3.63, 3.8) is 0 Å². The van der Waals surface area contributed by atoms with Crippen molar-refractivity contribution in [3.8, 4) is 0 Å². The van der Waals surface area contributed by atoms with Gasteiger partial charge in [0.05, 0.1) is 0 Å². The van der Waals surface area contributed by atoms with Crippen molar-refractivity contribution >= 4 is 17.4 Å². The second-order valence-corrected chi connectivity index (χ2v) is 6.89. The van der Waals surface area contributed by atoms with Crippen molar-refractivity contribution in [2.75, 3.05) is 36.4 Å². The topological polar surface area (TPSA) is 35.6 Å². The summed E-state index contributed by atoms with van der Waals surface area (Å²) in [5, 5.41) is 3.09. The third-order valence-corrected chi connectivity index (χ3v) is 5.20. The number of carbonyl (C=O) groups excluding carboxylic acids is 1. The lowest BCUT2D eigenvalue weighted by Crippen LogP contribution is -2.50. The molecular weight excluding hydrogens is 310 g/mol. The van der Waals surface area contributed by atoms with Crippen LogP contribution in [0.15, 0.2) is 36.4 Å². The Hall–Kier alpha value is -2.49. The minimum atomic E-state index is -0.00184. The lowest BCUT2D eigenvalue weighted by molar-refractivity contribution is 0.208. The SMILES string of the molecule is Cc1cccc(N2CCN(C(=O)Nc3c(C)cccc3C)CC2)c1C. The molecule has 2 aromatic carbocycles. The number of nitrogens with zero attached hydrogens (tertiary/aromatic N) is 2. The summed E-state index contributed by atoms with van der Waals surface area (Å²) >= 11 is 0. The second-order valence-electron chi connectivity index (χ2n) is 6.89. The Morgan fingerprint density at radius 2 is 1.40 bits per heavy atom. The van der Waals surface area contributed by atoms with Crippen LogP contribution in [0.25, 0.3) is 0 Å². The molecule has 0 unspecified atom stereocenters. The molecular formula is C21H27N3O. The van der Waals surface area contributed by atoms with Gasteiger partial charge >= 0.3 is 6.03 Å². The van der Waals surface area contributed by atoms with Crippen LogP contribution in [0.5, 0.6) is 0 Å². The van der Waals surface area contributed by atoms with Crippen molar-refractivity contribution in [2.24, 2.45) is 0 Å². The molecule has 132 valence electrons. The molecule has 3 rings (SSSR count). The van der Waals surface area contributed by atoms with E-state index in [1.54, 1.807) is 0 Å². The summed E-state index contributed by atoms with van der Waals surface area (Å²) in [4.78, 5) is 16.9. The Morgan fingerprint density at radius 1 is 0.840 bits per heavy atom. The number of hydrogen-bond donors (Lipinski definition) is 1. The van der Waals surface area contributed by atoms with Crippen LogP contribution in [0.2, 0.25) is 0 Å². The van der Waals surface area contributed by atoms with Gasteiger partial charge in [-0.1, -0.05) is 30.3 Å². The van der Waals surface area contributed by atoms with Crippen LogP contribution in [-0.4, -0.2) is 37.1 Å². The molecule has 4 nitrogen and oxygen atoms in total. The Morgan fingerprint density at radius 3 is 2.04 bits per heavy atom. The molecule has 25 heavy (non-hydrogen) atoms. The summed E-state index contributed by atoms with van der Waals surface area (Å²) in [6.07, 6.45) is 0. The molecule has 1 N–H and O–H groups in total. The van der Waals surface area contributed by atoms with E-state index >= 15 is 0 Å². The quantitative estimate of drug-likeness (QED) is 0.888. The molecule has 2 amide bonds. The van der Waals surface area contributed by atoms with E-state index in [2.05, 4.69) is 42.3 Å². The number of anilines is 2. The Kier molecular flexibility index (Phi) is 4.98. The van der Waals surface area contributed by atoms with Gasteiger partial charge in [0.1, 0.15) is 0 Å². The molecule has 0 aromatic heterocycles. The molecule has 0 saturated carbocycles. The number of piperazine rings is 1. The zero-order valence-corrected chi connectivity index (χ0v) is 15.6. The third kappa shape index (κ3) is 3.63. The van der Waals surface area contributed by atoms with Gasteiger partial charge in [-0.3, -0.25) is 0 Å². The van der Waals surface area contributed by atoms with Gasteiger partial charge in [-0.25, -0.2) is 4.79 Å². The van der Waals surface area contributed by atoms with E-state index in [9.17, 15) is 4.79 Å². The molecule has 0 bridgehead atoms. The number of carbonyl (C=O) groups is 1. The molecule has 0 atom stereocenters. The summed E-state index contributed by atoms with van der Waals surface area (Å²) in [7, 11) is 0. The molecule has 0 radical (unpaired) electrons. The minimum absolute atomic E-state index is 0.00184. The number of benzene rings is 2. The summed E-state index contributed by atoms with van der Waals surface area (Å²) in [5.74, 6) is 0. The Balaban J connectivity index is 1.64. The molecule has 1 saturated heterocycles. The van der Waals surface area contributed by atoms with Crippen molar-refractivity contribution in [3.05, 3.63) is 58.7 Å². The predicted molar refractivity (Wildman–Crippen MR) is 105 cm³/mol. The third-order valence-electron chi connectivity index (χ3n) is 5.20. The highest BCUT2D eigenvalue weighted by Gasteiger charge is 2.23. The van der Waals surface area contributed by atoms with Crippen LogP contribution in [-0.2, 0) is 0 Å². The first-order chi connectivity index (χ1) is 12.0. The van der Waals surface area contributed by atoms with Crippen LogP contribution in [0.3, 0.4) is 0 Å². The van der Waals surface area contributed by atoms with Crippen LogP contribution in [0.1, 0.15) is 22.3 Å². The lowest BCUT2D eigenvalue weighted by atomic mass is 10.1. The van der Waals surface area contributed by atoms with Gasteiger partial charge < -0.3 is 15.1 Å². The zero-order valence-electron chi connectivity index (χ0n) is 15.6. The maximum Gasteiger partial charge on any atom is 0.321 e. The molecule has 0 aliphatic carbocycles. The molecule has 0 spiro atoms. The molecule has 2 aromatic rings. The van der Waals surface area contributed by atoms with Crippen LogP contribution in [0, 0.1) is 27.7 Å². The first-order valence-electron chi connectivity index (χ1n) is 8.90. The second kappa shape index (κ2) is 7.18. The fraction of sp³-hybridized carbons (Fsp3) is 0.381. The number of amides is 2. The van der Waals surface area contributed by atoms with E-state index in [-0.39, 0.29) is 6.03 Å². The number of aryl methyl sites for hydroxylation is 3. The largest absolute Gasteiger partial charge is 0.368 e. The fourth-order valence-corrected chi connectivity index (χ4v) is 3.43. The average molecular weight is 337 g/mol. The monoisotopic (exact) mass is 337 g/mol. The molecule has 1 heterocycles. The van der Waals surface area contributed by atoms with Gasteiger partial charge in [0.2, 0.25) is 0 Å². The Labute approximate surface area is 150 Å². The van der Waals surface area contributed by atoms with Crippen molar-refractivity contribution in [2.45, 2.75) is 27.7 Å². The minimum Gasteiger partial charge on any atom is -0.368 e. The van der Waals surface area contributed by atoms with E-state index in [1.807, 2.05) is 36.9 Å². The predicted octanol–water partition coefficient (Wildman–Crippen LogP) is 4.27. The van der Waals surface area contributed by atoms with E-state index in [0.29, 0.717) is 0 Å². The Bertz CT molecular complexity index is 756. The molecule has 1 aliphatic heterocycles. The van der Waals surface area contributed by atoms with Gasteiger partial charge in [0.15, 0.2) is 0 Å². The van der Waals surface area contributed by atoms with Gasteiger partial charge in [0, 0.05) is 37.6 Å². The van der Waals surface area contributed by atoms with E-state index in [4.69, 9.17) is 0 Å². The van der Waals surface area contributed by atoms with E-state index in [0.717, 1.165) is 43.0 Å². The number of urea groups is 1. The average Bonchev–Trinajstić information content (AvgIpc) is 2.61. The van der Waals surface area contributed by atoms with Gasteiger partial charge in [-0.15, -0.1) is 0 Å². The van der Waals surface area contributed by atoms with Crippen molar-refractivity contribution in [1.82, 2.24) is 4.90 Å². The fourth-order valence-electron chi connectivity index (χ4n) is 3.43. The first-order valence-corrected chi connectivity index (χ1v) is 8.90. The molecule has 1 fully saturated rings. The van der Waals surface area contributed by atoms with Gasteiger partial charge in [-0.05, 0) is 56.0 Å². The number of nitrogens with one attached hydrogen (secondary N) is 1. The number of rotatable bonds is 2. The summed E-state index contributed by atoms with van der Waals surface area (Å²) in [6, 6.07) is 12.5. The van der Waals surface area contributed by atoms with Crippen LogP contribution < -0.4 is 10.2 Å². The number of hydrogen-bond acceptors (Lipinski definition) is 2. The maximum atomic E-state index is 12.6. The van der Waals surface area contributed by atoms with E-state index < -0.39 is 0 Å². The zero-order chi connectivity index (χ0) is 18.0. The lowest BCUT2D eigenvalue weighted by Gasteiger charge is -2.37. The first kappa shape index (κ1) is 17.3. The highest BCUT2D eigenvalue weighted by atomic mass is 16.2. The van der Waals surface area contributed by atoms with Gasteiger partial charge in [0.25, 0.3) is 0 Å². The highest BCUT2D eigenvalue weighted by molar-refractivity contribution is 5.91. The highest BCUT2D eigenvalue weighted by Crippen LogP contribution is 2.24. The standard InChI is InChI=1S/C21H27N3O/c1-15-7-6-10-19(18(15)4)23-11-13-24(14-12-23)21(25)22-20-16(2)8-5-9-17(20)3/h5-10H,11-14H2,1-4H3,(H,22,25). The van der Waals surface area contributed by atoms with Gasteiger partial charge in [-0.2, -0.15) is 0 Å². The maximum absolute atomic E-state index is 12.6. The van der Waals surface area contributed by atoms with Crippen LogP contribution in [0.4, 0.5) is 16.2 Å². The number of para-hydroxylation sites is 1.